The van der Waals surface area contributed by atoms with Crippen molar-refractivity contribution < 1.29 is 9.47 Å². The minimum absolute atomic E-state index is 0.596. The van der Waals surface area contributed by atoms with Crippen LogP contribution in [0.3, 0.4) is 0 Å². The van der Waals surface area contributed by atoms with Crippen molar-refractivity contribution in [1.29, 1.82) is 0 Å². The molecule has 1 N–H and O–H groups in total. The lowest BCUT2D eigenvalue weighted by molar-refractivity contribution is 0.350. The molecule has 1 atom stereocenters. The number of hydrogen-bond donors (Lipinski definition) is 1. The zero-order valence-electron chi connectivity index (χ0n) is 11.8. The van der Waals surface area contributed by atoms with Crippen molar-refractivity contribution in [3.8, 4) is 11.5 Å². The van der Waals surface area contributed by atoms with Crippen molar-refractivity contribution in [3.05, 3.63) is 22.8 Å². The number of methoxy groups -OCH3 is 2. The second-order valence-corrected chi connectivity index (χ2v) is 5.01. The highest BCUT2D eigenvalue weighted by atomic mass is 16.5. The fraction of sp³-hybridized carbons (Fsp3) is 0.600. The first kappa shape index (κ1) is 13.2. The van der Waals surface area contributed by atoms with Crippen LogP contribution in [0.2, 0.25) is 0 Å². The second-order valence-electron chi connectivity index (χ2n) is 5.01. The molecule has 0 aliphatic carbocycles. The van der Waals surface area contributed by atoms with Crippen LogP contribution in [0.5, 0.6) is 11.5 Å². The average molecular weight is 249 g/mol. The van der Waals surface area contributed by atoms with Crippen molar-refractivity contribution in [2.45, 2.75) is 32.6 Å². The molecular formula is C15H23NO2. The third-order valence-electron chi connectivity index (χ3n) is 3.87. The van der Waals surface area contributed by atoms with Gasteiger partial charge in [-0.05, 0) is 61.9 Å². The van der Waals surface area contributed by atoms with Gasteiger partial charge in [0.1, 0.15) is 0 Å². The van der Waals surface area contributed by atoms with Crippen molar-refractivity contribution in [1.82, 2.24) is 5.32 Å². The molecular weight excluding hydrogens is 226 g/mol. The summed E-state index contributed by atoms with van der Waals surface area (Å²) < 4.78 is 10.9. The van der Waals surface area contributed by atoms with Gasteiger partial charge in [-0.15, -0.1) is 0 Å². The Bertz CT molecular complexity index is 423. The van der Waals surface area contributed by atoms with Gasteiger partial charge in [0.15, 0.2) is 11.5 Å². The minimum atomic E-state index is 0.596. The fourth-order valence-electron chi connectivity index (χ4n) is 3.07. The Morgan fingerprint density at radius 1 is 1.22 bits per heavy atom. The molecule has 1 aliphatic rings. The Balaban J connectivity index is 2.46. The summed E-state index contributed by atoms with van der Waals surface area (Å²) in [7, 11) is 3.40. The Labute approximate surface area is 109 Å². The quantitative estimate of drug-likeness (QED) is 0.893. The number of ether oxygens (including phenoxy) is 2. The van der Waals surface area contributed by atoms with Crippen LogP contribution in [0.25, 0.3) is 0 Å². The van der Waals surface area contributed by atoms with E-state index >= 15 is 0 Å². The molecule has 0 bridgehead atoms. The predicted octanol–water partition coefficient (Wildman–Crippen LogP) is 2.79. The molecule has 0 amide bonds. The summed E-state index contributed by atoms with van der Waals surface area (Å²) in [6.45, 7) is 6.51. The van der Waals surface area contributed by atoms with Gasteiger partial charge in [0.2, 0.25) is 0 Å². The Hall–Kier alpha value is -1.22. The summed E-state index contributed by atoms with van der Waals surface area (Å²) in [6.07, 6.45) is 2.50. The SMILES string of the molecule is COc1cc(C)c(C2CCCNC2)c(C)c1OC. The van der Waals surface area contributed by atoms with Crippen LogP contribution in [0.4, 0.5) is 0 Å². The minimum Gasteiger partial charge on any atom is -0.493 e. The third kappa shape index (κ3) is 2.32. The normalized spacial score (nSPS) is 19.7. The molecule has 0 radical (unpaired) electrons. The van der Waals surface area contributed by atoms with E-state index in [1.807, 2.05) is 0 Å². The molecule has 1 saturated heterocycles. The zero-order valence-corrected chi connectivity index (χ0v) is 11.8. The molecule has 100 valence electrons. The van der Waals surface area contributed by atoms with Gasteiger partial charge in [0.05, 0.1) is 14.2 Å². The molecule has 3 heteroatoms. The lowest BCUT2D eigenvalue weighted by Gasteiger charge is -2.27. The molecule has 1 aromatic carbocycles. The third-order valence-corrected chi connectivity index (χ3v) is 3.87. The molecule has 1 unspecified atom stereocenters. The summed E-state index contributed by atoms with van der Waals surface area (Å²) in [5.41, 5.74) is 3.96. The highest BCUT2D eigenvalue weighted by Crippen LogP contribution is 2.39. The maximum atomic E-state index is 5.51. The van der Waals surface area contributed by atoms with E-state index < -0.39 is 0 Å². The van der Waals surface area contributed by atoms with Gasteiger partial charge in [-0.25, -0.2) is 0 Å². The van der Waals surface area contributed by atoms with Gasteiger partial charge in [-0.1, -0.05) is 0 Å². The van der Waals surface area contributed by atoms with Crippen LogP contribution >= 0.6 is 0 Å². The number of nitrogens with one attached hydrogen (secondary N) is 1. The highest BCUT2D eigenvalue weighted by molar-refractivity contribution is 5.55. The van der Waals surface area contributed by atoms with Gasteiger partial charge < -0.3 is 14.8 Å². The number of piperidine rings is 1. The average Bonchev–Trinajstić information content (AvgIpc) is 2.39. The summed E-state index contributed by atoms with van der Waals surface area (Å²) in [4.78, 5) is 0. The first-order valence-electron chi connectivity index (χ1n) is 6.61. The summed E-state index contributed by atoms with van der Waals surface area (Å²) in [5.74, 6) is 2.31. The number of aryl methyl sites for hydroxylation is 1. The smallest absolute Gasteiger partial charge is 0.163 e. The van der Waals surface area contributed by atoms with E-state index in [2.05, 4.69) is 25.2 Å². The van der Waals surface area contributed by atoms with Gasteiger partial charge in [0, 0.05) is 6.54 Å². The van der Waals surface area contributed by atoms with Gasteiger partial charge in [0.25, 0.3) is 0 Å². The second kappa shape index (κ2) is 5.61. The van der Waals surface area contributed by atoms with Gasteiger partial charge in [-0.3, -0.25) is 0 Å². The standard InChI is InChI=1S/C15H23NO2/c1-10-8-13(17-3)15(18-4)11(2)14(10)12-6-5-7-16-9-12/h8,12,16H,5-7,9H2,1-4H3. The van der Waals surface area contributed by atoms with E-state index in [1.165, 1.54) is 29.5 Å². The van der Waals surface area contributed by atoms with E-state index in [0.29, 0.717) is 5.92 Å². The highest BCUT2D eigenvalue weighted by Gasteiger charge is 2.22. The predicted molar refractivity (Wildman–Crippen MR) is 73.9 cm³/mol. The van der Waals surface area contributed by atoms with Crippen LogP contribution in [0.1, 0.15) is 35.4 Å². The first-order chi connectivity index (χ1) is 8.69. The van der Waals surface area contributed by atoms with E-state index in [9.17, 15) is 0 Å². The van der Waals surface area contributed by atoms with Crippen LogP contribution < -0.4 is 14.8 Å². The molecule has 0 saturated carbocycles. The molecule has 2 rings (SSSR count). The monoisotopic (exact) mass is 249 g/mol. The maximum absolute atomic E-state index is 5.51. The molecule has 18 heavy (non-hydrogen) atoms. The fourth-order valence-corrected chi connectivity index (χ4v) is 3.07. The number of hydrogen-bond acceptors (Lipinski definition) is 3. The van der Waals surface area contributed by atoms with Gasteiger partial charge >= 0.3 is 0 Å². The molecule has 1 heterocycles. The number of benzene rings is 1. The van der Waals surface area contributed by atoms with Crippen molar-refractivity contribution in [2.24, 2.45) is 0 Å². The zero-order chi connectivity index (χ0) is 13.1. The Kier molecular flexibility index (Phi) is 4.12. The topological polar surface area (TPSA) is 30.5 Å². The van der Waals surface area contributed by atoms with Crippen LogP contribution in [-0.2, 0) is 0 Å². The van der Waals surface area contributed by atoms with Crippen molar-refractivity contribution >= 4 is 0 Å². The molecule has 1 aliphatic heterocycles. The van der Waals surface area contributed by atoms with E-state index in [4.69, 9.17) is 9.47 Å². The molecule has 0 aromatic heterocycles. The summed E-state index contributed by atoms with van der Waals surface area (Å²) >= 11 is 0. The molecule has 0 spiro atoms. The number of rotatable bonds is 3. The Morgan fingerprint density at radius 3 is 2.56 bits per heavy atom. The van der Waals surface area contributed by atoms with Crippen LogP contribution in [0, 0.1) is 13.8 Å². The molecule has 1 fully saturated rings. The molecule has 1 aromatic rings. The summed E-state index contributed by atoms with van der Waals surface area (Å²) in [6, 6.07) is 2.09. The van der Waals surface area contributed by atoms with Crippen LogP contribution in [0.15, 0.2) is 6.07 Å². The van der Waals surface area contributed by atoms with Crippen molar-refractivity contribution in [3.63, 3.8) is 0 Å². The maximum Gasteiger partial charge on any atom is 0.163 e. The lowest BCUT2D eigenvalue weighted by atomic mass is 9.85. The van der Waals surface area contributed by atoms with Crippen molar-refractivity contribution in [2.75, 3.05) is 27.3 Å². The lowest BCUT2D eigenvalue weighted by Crippen LogP contribution is -2.29. The first-order valence-corrected chi connectivity index (χ1v) is 6.61. The van der Waals surface area contributed by atoms with E-state index in [-0.39, 0.29) is 0 Å². The van der Waals surface area contributed by atoms with E-state index in [1.54, 1.807) is 14.2 Å². The largest absolute Gasteiger partial charge is 0.493 e. The van der Waals surface area contributed by atoms with E-state index in [0.717, 1.165) is 24.6 Å². The Morgan fingerprint density at radius 2 is 2.00 bits per heavy atom. The van der Waals surface area contributed by atoms with Crippen LogP contribution in [-0.4, -0.2) is 27.3 Å². The molecule has 3 nitrogen and oxygen atoms in total. The van der Waals surface area contributed by atoms with Gasteiger partial charge in [-0.2, -0.15) is 0 Å². The summed E-state index contributed by atoms with van der Waals surface area (Å²) in [5, 5.41) is 3.48.